The van der Waals surface area contributed by atoms with Crippen molar-refractivity contribution in [2.75, 3.05) is 5.23 Å². The molecular formula is C8H9N6O2-. The molecule has 0 amide bonds. The van der Waals surface area contributed by atoms with E-state index in [2.05, 4.69) is 15.0 Å². The monoisotopic (exact) mass is 221 g/mol. The van der Waals surface area contributed by atoms with Crippen LogP contribution in [0.1, 0.15) is 0 Å². The number of H-pyrrole nitrogens is 1. The zero-order valence-corrected chi connectivity index (χ0v) is 8.08. The molecule has 0 spiro atoms. The fourth-order valence-corrected chi connectivity index (χ4v) is 1.28. The predicted molar refractivity (Wildman–Crippen MR) is 59.2 cm³/mol. The van der Waals surface area contributed by atoms with Crippen molar-refractivity contribution < 1.29 is 5.21 Å². The first-order valence-electron chi connectivity index (χ1n) is 4.32. The van der Waals surface area contributed by atoms with Crippen molar-refractivity contribution in [3.8, 4) is 0 Å². The Hall–Kier alpha value is -2.32. The molecule has 1 heterocycles. The number of fused-ring (bicyclic) bond motifs is 1. The smallest absolute Gasteiger partial charge is 0.231 e. The van der Waals surface area contributed by atoms with Crippen LogP contribution >= 0.6 is 0 Å². The number of benzene rings is 1. The lowest BCUT2D eigenvalue weighted by molar-refractivity contribution is 0.296. The molecule has 0 aliphatic carbocycles. The van der Waals surface area contributed by atoms with Crippen molar-refractivity contribution in [1.29, 1.82) is 0 Å². The van der Waals surface area contributed by atoms with Crippen LogP contribution < -0.4 is 16.7 Å². The Morgan fingerprint density at radius 3 is 2.88 bits per heavy atom. The maximum absolute atomic E-state index is 10.6. The Bertz CT molecular complexity index is 542. The molecule has 2 aromatic rings. The summed E-state index contributed by atoms with van der Waals surface area (Å²) in [6, 6.07) is 4.42. The van der Waals surface area contributed by atoms with Gasteiger partial charge in [0, 0.05) is 0 Å². The molecule has 0 saturated carbocycles. The number of nitrogens with zero attached hydrogens (tertiary/aromatic N) is 3. The second-order valence-electron chi connectivity index (χ2n) is 3.07. The summed E-state index contributed by atoms with van der Waals surface area (Å²) in [6.45, 7) is 0. The van der Waals surface area contributed by atoms with Crippen LogP contribution in [-0.4, -0.2) is 21.1 Å². The van der Waals surface area contributed by atoms with Crippen LogP contribution in [0.5, 0.6) is 0 Å². The van der Waals surface area contributed by atoms with Crippen molar-refractivity contribution in [2.24, 2.45) is 16.5 Å². The number of rotatable bonds is 2. The number of imidazole rings is 1. The number of hydrogen-bond donors (Lipinski definition) is 4. The van der Waals surface area contributed by atoms with Gasteiger partial charge in [0.2, 0.25) is 5.95 Å². The van der Waals surface area contributed by atoms with E-state index in [1.54, 1.807) is 6.07 Å². The third kappa shape index (κ3) is 1.87. The quantitative estimate of drug-likeness (QED) is 0.323. The van der Waals surface area contributed by atoms with E-state index in [0.717, 1.165) is 0 Å². The molecule has 0 atom stereocenters. The third-order valence-electron chi connectivity index (χ3n) is 1.91. The number of aliphatic imine (C=N–C) groups is 1. The summed E-state index contributed by atoms with van der Waals surface area (Å²) in [7, 11) is 0. The minimum Gasteiger partial charge on any atom is -0.733 e. The molecule has 84 valence electrons. The number of aromatic nitrogens is 2. The second-order valence-corrected chi connectivity index (χ2v) is 3.07. The van der Waals surface area contributed by atoms with Gasteiger partial charge in [0.1, 0.15) is 0 Å². The number of guanidine groups is 1. The van der Waals surface area contributed by atoms with Crippen LogP contribution in [0.2, 0.25) is 0 Å². The van der Waals surface area contributed by atoms with Crippen molar-refractivity contribution >= 4 is 28.6 Å². The first kappa shape index (κ1) is 10.2. The fraction of sp³-hybridized carbons (Fsp3) is 0. The Labute approximate surface area is 89.7 Å². The maximum Gasteiger partial charge on any atom is 0.231 e. The first-order chi connectivity index (χ1) is 7.56. The number of anilines is 1. The Morgan fingerprint density at radius 1 is 1.50 bits per heavy atom. The van der Waals surface area contributed by atoms with Gasteiger partial charge in [-0.15, -0.1) is 0 Å². The third-order valence-corrected chi connectivity index (χ3v) is 1.91. The van der Waals surface area contributed by atoms with Gasteiger partial charge < -0.3 is 26.9 Å². The number of nitrogens with one attached hydrogen (secondary N) is 1. The topological polar surface area (TPSA) is 140 Å². The highest BCUT2D eigenvalue weighted by Crippen LogP contribution is 2.21. The summed E-state index contributed by atoms with van der Waals surface area (Å²) in [5, 5.41) is 19.1. The zero-order chi connectivity index (χ0) is 11.7. The van der Waals surface area contributed by atoms with E-state index in [1.165, 1.54) is 12.1 Å². The molecule has 0 bridgehead atoms. The highest BCUT2D eigenvalue weighted by molar-refractivity contribution is 5.83. The number of nitrogens with two attached hydrogens (primary N) is 2. The minimum atomic E-state index is -0.236. The maximum atomic E-state index is 10.6. The highest BCUT2D eigenvalue weighted by atomic mass is 16.8. The van der Waals surface area contributed by atoms with Crippen molar-refractivity contribution in [2.45, 2.75) is 0 Å². The molecule has 6 N–H and O–H groups in total. The van der Waals surface area contributed by atoms with E-state index in [0.29, 0.717) is 11.0 Å². The SMILES string of the molecule is NC(N)=Nc1nc2ccc(N([O-])O)cc2[nH]1. The normalized spacial score (nSPS) is 10.4. The molecule has 8 heteroatoms. The van der Waals surface area contributed by atoms with Gasteiger partial charge in [-0.2, -0.15) is 4.99 Å². The Morgan fingerprint density at radius 2 is 2.25 bits per heavy atom. The number of hydrogen-bond acceptors (Lipinski definition) is 5. The molecule has 1 aromatic heterocycles. The van der Waals surface area contributed by atoms with Gasteiger partial charge in [-0.25, -0.2) is 4.98 Å². The van der Waals surface area contributed by atoms with E-state index in [-0.39, 0.29) is 22.8 Å². The van der Waals surface area contributed by atoms with Gasteiger partial charge >= 0.3 is 0 Å². The Kier molecular flexibility index (Phi) is 2.35. The van der Waals surface area contributed by atoms with Gasteiger partial charge in [-0.05, 0) is 18.2 Å². The summed E-state index contributed by atoms with van der Waals surface area (Å²) in [5.74, 6) is 0.120. The molecular weight excluding hydrogens is 212 g/mol. The predicted octanol–water partition coefficient (Wildman–Crippen LogP) is 0.161. The lowest BCUT2D eigenvalue weighted by Gasteiger charge is -2.20. The van der Waals surface area contributed by atoms with Crippen LogP contribution in [0.4, 0.5) is 11.6 Å². The summed E-state index contributed by atoms with van der Waals surface area (Å²) < 4.78 is 0. The molecule has 0 unspecified atom stereocenters. The molecule has 0 radical (unpaired) electrons. The van der Waals surface area contributed by atoms with Gasteiger partial charge in [-0.3, -0.25) is 5.21 Å². The van der Waals surface area contributed by atoms with Gasteiger partial charge in [-0.1, -0.05) is 0 Å². The lowest BCUT2D eigenvalue weighted by atomic mass is 10.3. The summed E-state index contributed by atoms with van der Waals surface area (Å²) >= 11 is 0. The van der Waals surface area contributed by atoms with E-state index < -0.39 is 0 Å². The van der Waals surface area contributed by atoms with E-state index in [1.807, 2.05) is 0 Å². The fourth-order valence-electron chi connectivity index (χ4n) is 1.28. The second kappa shape index (κ2) is 3.68. The molecule has 0 fully saturated rings. The first-order valence-corrected chi connectivity index (χ1v) is 4.32. The zero-order valence-electron chi connectivity index (χ0n) is 8.08. The van der Waals surface area contributed by atoms with Crippen molar-refractivity contribution in [1.82, 2.24) is 9.97 Å². The van der Waals surface area contributed by atoms with E-state index in [4.69, 9.17) is 16.7 Å². The van der Waals surface area contributed by atoms with Crippen LogP contribution in [0.25, 0.3) is 11.0 Å². The van der Waals surface area contributed by atoms with Gasteiger partial charge in [0.05, 0.1) is 16.7 Å². The van der Waals surface area contributed by atoms with Crippen LogP contribution in [0.15, 0.2) is 23.2 Å². The van der Waals surface area contributed by atoms with Gasteiger partial charge in [0.25, 0.3) is 0 Å². The van der Waals surface area contributed by atoms with Crippen LogP contribution in [0.3, 0.4) is 0 Å². The Balaban J connectivity index is 2.50. The van der Waals surface area contributed by atoms with Crippen LogP contribution in [-0.2, 0) is 0 Å². The minimum absolute atomic E-state index is 0.0902. The molecule has 0 saturated heterocycles. The summed E-state index contributed by atoms with van der Waals surface area (Å²) in [4.78, 5) is 10.6. The van der Waals surface area contributed by atoms with Crippen molar-refractivity contribution in [3.63, 3.8) is 0 Å². The van der Waals surface area contributed by atoms with E-state index in [9.17, 15) is 5.21 Å². The largest absolute Gasteiger partial charge is 0.733 e. The molecule has 8 nitrogen and oxygen atoms in total. The molecule has 2 rings (SSSR count). The summed E-state index contributed by atoms with van der Waals surface area (Å²) in [6.07, 6.45) is 0. The van der Waals surface area contributed by atoms with Crippen LogP contribution in [0, 0.1) is 5.21 Å². The lowest BCUT2D eigenvalue weighted by Crippen LogP contribution is -2.22. The average molecular weight is 221 g/mol. The molecule has 16 heavy (non-hydrogen) atoms. The average Bonchev–Trinajstić information content (AvgIpc) is 2.56. The van der Waals surface area contributed by atoms with Gasteiger partial charge in [0.15, 0.2) is 5.96 Å². The standard InChI is InChI=1S/C8H9N6O2/c9-7(10)13-8-11-5-2-1-4(14(15)16)3-6(5)12-8/h1-3,15H,(H5,9,10,11,12,13)/q-1. The van der Waals surface area contributed by atoms with E-state index >= 15 is 0 Å². The molecule has 0 aliphatic rings. The highest BCUT2D eigenvalue weighted by Gasteiger charge is 2.03. The molecule has 0 aliphatic heterocycles. The summed E-state index contributed by atoms with van der Waals surface area (Å²) in [5.41, 5.74) is 11.6. The number of aromatic amines is 1. The molecule has 1 aromatic carbocycles. The van der Waals surface area contributed by atoms with Crippen molar-refractivity contribution in [3.05, 3.63) is 23.4 Å².